The van der Waals surface area contributed by atoms with E-state index in [4.69, 9.17) is 9.47 Å². The summed E-state index contributed by atoms with van der Waals surface area (Å²) in [5, 5.41) is 5.74. The van der Waals surface area contributed by atoms with Crippen LogP contribution in [0.4, 0.5) is 0 Å². The normalized spacial score (nSPS) is 29.9. The lowest BCUT2D eigenvalue weighted by Gasteiger charge is -2.34. The van der Waals surface area contributed by atoms with Gasteiger partial charge in [-0.05, 0) is 31.6 Å². The Labute approximate surface area is 124 Å². The largest absolute Gasteiger partial charge is 0.383 e. The van der Waals surface area contributed by atoms with Gasteiger partial charge in [0.25, 0.3) is 0 Å². The summed E-state index contributed by atoms with van der Waals surface area (Å²) < 4.78 is 11.2. The first kappa shape index (κ1) is 14.4. The van der Waals surface area contributed by atoms with Gasteiger partial charge in [0, 0.05) is 37.6 Å². The molecule has 5 heteroatoms. The predicted molar refractivity (Wildman–Crippen MR) is 80.1 cm³/mol. The first-order valence-electron chi connectivity index (χ1n) is 7.52. The second-order valence-electron chi connectivity index (χ2n) is 6.07. The average molecular weight is 296 g/mol. The Morgan fingerprint density at radius 3 is 3.15 bits per heavy atom. The van der Waals surface area contributed by atoms with Gasteiger partial charge in [0.05, 0.1) is 23.9 Å². The first-order valence-corrected chi connectivity index (χ1v) is 8.47. The minimum atomic E-state index is 0.225. The van der Waals surface area contributed by atoms with E-state index in [1.807, 2.05) is 5.51 Å². The van der Waals surface area contributed by atoms with Crippen molar-refractivity contribution in [2.75, 3.05) is 33.4 Å². The van der Waals surface area contributed by atoms with Crippen molar-refractivity contribution in [1.29, 1.82) is 0 Å². The minimum Gasteiger partial charge on any atom is -0.383 e. The molecule has 0 aromatic carbocycles. The van der Waals surface area contributed by atoms with Gasteiger partial charge >= 0.3 is 0 Å². The van der Waals surface area contributed by atoms with E-state index < -0.39 is 0 Å². The molecule has 2 atom stereocenters. The molecule has 20 heavy (non-hydrogen) atoms. The molecule has 0 bridgehead atoms. The van der Waals surface area contributed by atoms with Crippen LogP contribution < -0.4 is 5.32 Å². The second kappa shape index (κ2) is 6.52. The lowest BCUT2D eigenvalue weighted by atomic mass is 9.75. The average Bonchev–Trinajstić information content (AvgIpc) is 3.01. The Hall–Kier alpha value is -0.490. The molecule has 0 spiro atoms. The monoisotopic (exact) mass is 296 g/mol. The first-order chi connectivity index (χ1) is 9.84. The Morgan fingerprint density at radius 2 is 2.45 bits per heavy atom. The molecule has 0 amide bonds. The Morgan fingerprint density at radius 1 is 1.55 bits per heavy atom. The van der Waals surface area contributed by atoms with Gasteiger partial charge in [-0.15, -0.1) is 11.3 Å². The van der Waals surface area contributed by atoms with Crippen molar-refractivity contribution < 1.29 is 9.47 Å². The maximum atomic E-state index is 6.10. The second-order valence-corrected chi connectivity index (χ2v) is 6.79. The van der Waals surface area contributed by atoms with Gasteiger partial charge < -0.3 is 14.8 Å². The highest BCUT2D eigenvalue weighted by molar-refractivity contribution is 7.07. The lowest BCUT2D eigenvalue weighted by molar-refractivity contribution is 0.0296. The van der Waals surface area contributed by atoms with Crippen molar-refractivity contribution in [3.63, 3.8) is 0 Å². The molecule has 1 aliphatic heterocycles. The van der Waals surface area contributed by atoms with Gasteiger partial charge in [-0.3, -0.25) is 0 Å². The van der Waals surface area contributed by atoms with Crippen molar-refractivity contribution >= 4 is 11.3 Å². The lowest BCUT2D eigenvalue weighted by Crippen LogP contribution is -2.44. The molecule has 3 rings (SSSR count). The summed E-state index contributed by atoms with van der Waals surface area (Å²) in [5.74, 6) is 0.778. The van der Waals surface area contributed by atoms with Crippen LogP contribution in [0.5, 0.6) is 0 Å². The van der Waals surface area contributed by atoms with Crippen molar-refractivity contribution in [1.82, 2.24) is 10.3 Å². The highest BCUT2D eigenvalue weighted by atomic mass is 32.1. The Kier molecular flexibility index (Phi) is 4.71. The summed E-state index contributed by atoms with van der Waals surface area (Å²) in [6, 6.07) is 0. The summed E-state index contributed by atoms with van der Waals surface area (Å²) in [5.41, 5.74) is 3.38. The van der Waals surface area contributed by atoms with Gasteiger partial charge in [0.15, 0.2) is 0 Å². The number of aromatic nitrogens is 1. The third-order valence-electron chi connectivity index (χ3n) is 4.53. The molecular weight excluding hydrogens is 272 g/mol. The standard InChI is InChI=1S/C15H24N2O2S/c1-18-7-5-16-10-15(8-13-9-20-11-17-13)4-6-19-14(15)12-2-3-12/h9,11-12,14,16H,2-8,10H2,1H3. The van der Waals surface area contributed by atoms with E-state index in [9.17, 15) is 0 Å². The van der Waals surface area contributed by atoms with E-state index in [0.29, 0.717) is 6.10 Å². The van der Waals surface area contributed by atoms with Crippen LogP contribution in [0.25, 0.3) is 0 Å². The Balaban J connectivity index is 1.68. The van der Waals surface area contributed by atoms with Crippen LogP contribution in [0.2, 0.25) is 0 Å². The number of hydrogen-bond acceptors (Lipinski definition) is 5. The van der Waals surface area contributed by atoms with Crippen LogP contribution in [0.1, 0.15) is 25.0 Å². The van der Waals surface area contributed by atoms with Gasteiger partial charge in [-0.2, -0.15) is 0 Å². The van der Waals surface area contributed by atoms with E-state index in [1.165, 1.54) is 18.5 Å². The summed E-state index contributed by atoms with van der Waals surface area (Å²) >= 11 is 1.69. The van der Waals surface area contributed by atoms with E-state index in [2.05, 4.69) is 15.7 Å². The minimum absolute atomic E-state index is 0.225. The number of ether oxygens (including phenoxy) is 2. The molecule has 1 aromatic heterocycles. The maximum absolute atomic E-state index is 6.10. The molecule has 0 radical (unpaired) electrons. The van der Waals surface area contributed by atoms with Gasteiger partial charge in [-0.1, -0.05) is 0 Å². The van der Waals surface area contributed by atoms with E-state index in [1.54, 1.807) is 18.4 Å². The summed E-state index contributed by atoms with van der Waals surface area (Å²) in [4.78, 5) is 4.49. The fourth-order valence-electron chi connectivity index (χ4n) is 3.38. The fourth-order valence-corrected chi connectivity index (χ4v) is 3.94. The van der Waals surface area contributed by atoms with Crippen LogP contribution >= 0.6 is 11.3 Å². The maximum Gasteiger partial charge on any atom is 0.0794 e. The third-order valence-corrected chi connectivity index (χ3v) is 5.16. The number of nitrogens with zero attached hydrogens (tertiary/aromatic N) is 1. The van der Waals surface area contributed by atoms with Gasteiger partial charge in [0.1, 0.15) is 0 Å². The van der Waals surface area contributed by atoms with Crippen LogP contribution in [-0.2, 0) is 15.9 Å². The van der Waals surface area contributed by atoms with Crippen molar-refractivity contribution in [2.45, 2.75) is 31.8 Å². The number of nitrogens with one attached hydrogen (secondary N) is 1. The van der Waals surface area contributed by atoms with E-state index >= 15 is 0 Å². The molecule has 1 aliphatic carbocycles. The van der Waals surface area contributed by atoms with Crippen molar-refractivity contribution in [2.24, 2.45) is 11.3 Å². The zero-order valence-electron chi connectivity index (χ0n) is 12.1. The number of rotatable bonds is 8. The van der Waals surface area contributed by atoms with E-state index in [0.717, 1.165) is 45.1 Å². The van der Waals surface area contributed by atoms with Crippen LogP contribution in [-0.4, -0.2) is 44.5 Å². The highest BCUT2D eigenvalue weighted by Crippen LogP contribution is 2.49. The molecule has 4 nitrogen and oxygen atoms in total. The molecule has 2 heterocycles. The Bertz CT molecular complexity index is 408. The number of hydrogen-bond donors (Lipinski definition) is 1. The summed E-state index contributed by atoms with van der Waals surface area (Å²) in [7, 11) is 1.75. The van der Waals surface area contributed by atoms with Crippen molar-refractivity contribution in [3.05, 3.63) is 16.6 Å². The molecule has 2 unspecified atom stereocenters. The predicted octanol–water partition coefficient (Wildman–Crippen LogP) is 2.11. The number of thiazole rings is 1. The summed E-state index contributed by atoms with van der Waals surface area (Å²) in [6.07, 6.45) is 5.27. The quantitative estimate of drug-likeness (QED) is 0.746. The molecular formula is C15H24N2O2S. The third kappa shape index (κ3) is 3.22. The zero-order chi connectivity index (χ0) is 13.8. The molecule has 2 fully saturated rings. The molecule has 1 saturated heterocycles. The SMILES string of the molecule is COCCNCC1(Cc2cscn2)CCOC1C1CC1. The van der Waals surface area contributed by atoms with Gasteiger partial charge in [0.2, 0.25) is 0 Å². The molecule has 2 aliphatic rings. The smallest absolute Gasteiger partial charge is 0.0794 e. The topological polar surface area (TPSA) is 43.4 Å². The molecule has 1 aromatic rings. The molecule has 1 N–H and O–H groups in total. The fraction of sp³-hybridized carbons (Fsp3) is 0.800. The van der Waals surface area contributed by atoms with Crippen molar-refractivity contribution in [3.8, 4) is 0 Å². The molecule has 1 saturated carbocycles. The van der Waals surface area contributed by atoms with E-state index in [-0.39, 0.29) is 5.41 Å². The van der Waals surface area contributed by atoms with Gasteiger partial charge in [-0.25, -0.2) is 4.98 Å². The summed E-state index contributed by atoms with van der Waals surface area (Å²) in [6.45, 7) is 3.58. The molecule has 112 valence electrons. The van der Waals surface area contributed by atoms with Crippen LogP contribution in [0.15, 0.2) is 10.9 Å². The number of methoxy groups -OCH3 is 1. The zero-order valence-corrected chi connectivity index (χ0v) is 13.0. The van der Waals surface area contributed by atoms with Crippen LogP contribution in [0.3, 0.4) is 0 Å². The highest BCUT2D eigenvalue weighted by Gasteiger charge is 2.50. The van der Waals surface area contributed by atoms with Crippen LogP contribution in [0, 0.1) is 11.3 Å².